The number of rotatable bonds is 1. The molecule has 2 unspecified atom stereocenters. The molecule has 0 bridgehead atoms. The Morgan fingerprint density at radius 3 is 2.45 bits per heavy atom. The number of aliphatic hydroxyl groups excluding tert-OH is 1. The minimum absolute atomic E-state index is 0.389. The van der Waals surface area contributed by atoms with Gasteiger partial charge in [-0.1, -0.05) is 0 Å². The zero-order valence-electron chi connectivity index (χ0n) is 6.79. The van der Waals surface area contributed by atoms with Crippen LogP contribution in [-0.4, -0.2) is 29.2 Å². The van der Waals surface area contributed by atoms with E-state index in [4.69, 9.17) is 5.73 Å². The van der Waals surface area contributed by atoms with Crippen molar-refractivity contribution in [1.29, 1.82) is 0 Å². The summed E-state index contributed by atoms with van der Waals surface area (Å²) in [5, 5.41) is 12.6. The van der Waals surface area contributed by atoms with Gasteiger partial charge >= 0.3 is 0 Å². The largest absolute Gasteiger partial charge is 0.390 e. The highest BCUT2D eigenvalue weighted by atomic mass is 16.3. The molecular weight excluding hydrogens is 144 g/mol. The highest BCUT2D eigenvalue weighted by molar-refractivity contribution is 5.78. The van der Waals surface area contributed by atoms with Gasteiger partial charge in [0.1, 0.15) is 0 Å². The Morgan fingerprint density at radius 2 is 2.27 bits per heavy atom. The molecule has 0 aliphatic carbocycles. The van der Waals surface area contributed by atoms with Crippen LogP contribution in [-0.2, 0) is 4.79 Å². The van der Waals surface area contributed by atoms with Gasteiger partial charge in [0.2, 0.25) is 5.91 Å². The van der Waals surface area contributed by atoms with Crippen molar-refractivity contribution in [3.05, 3.63) is 0 Å². The first kappa shape index (κ1) is 8.49. The molecule has 1 fully saturated rings. The summed E-state index contributed by atoms with van der Waals surface area (Å²) in [7, 11) is 0. The Kier molecular flexibility index (Phi) is 1.90. The minimum Gasteiger partial charge on any atom is -0.390 e. The summed E-state index contributed by atoms with van der Waals surface area (Å²) < 4.78 is 0. The van der Waals surface area contributed by atoms with E-state index in [2.05, 4.69) is 5.32 Å². The van der Waals surface area contributed by atoms with Crippen LogP contribution in [0.25, 0.3) is 0 Å². The van der Waals surface area contributed by atoms with Crippen molar-refractivity contribution >= 4 is 5.91 Å². The predicted octanol–water partition coefficient (Wildman–Crippen LogP) is -1.17. The Bertz CT molecular complexity index is 179. The normalized spacial score (nSPS) is 35.5. The first-order valence-electron chi connectivity index (χ1n) is 3.67. The first-order valence-corrected chi connectivity index (χ1v) is 3.67. The fourth-order valence-corrected chi connectivity index (χ4v) is 1.35. The number of amides is 1. The van der Waals surface area contributed by atoms with Gasteiger partial charge in [-0.2, -0.15) is 0 Å². The molecule has 4 N–H and O–H groups in total. The van der Waals surface area contributed by atoms with Crippen molar-refractivity contribution in [2.24, 2.45) is 11.7 Å². The Balaban J connectivity index is 2.71. The predicted molar refractivity (Wildman–Crippen MR) is 40.8 cm³/mol. The van der Waals surface area contributed by atoms with Crippen LogP contribution in [0.3, 0.4) is 0 Å². The van der Waals surface area contributed by atoms with E-state index in [1.807, 2.05) is 13.8 Å². The molecule has 11 heavy (non-hydrogen) atoms. The average molecular weight is 158 g/mol. The lowest BCUT2D eigenvalue weighted by Gasteiger charge is -2.23. The lowest BCUT2D eigenvalue weighted by Crippen LogP contribution is -2.43. The molecule has 0 aromatic carbocycles. The summed E-state index contributed by atoms with van der Waals surface area (Å²) in [4.78, 5) is 10.7. The molecule has 0 aromatic heterocycles. The zero-order chi connectivity index (χ0) is 8.65. The maximum atomic E-state index is 10.7. The molecule has 1 aliphatic heterocycles. The Hall–Kier alpha value is -0.610. The number of primary amides is 1. The van der Waals surface area contributed by atoms with E-state index in [1.54, 1.807) is 0 Å². The van der Waals surface area contributed by atoms with E-state index in [0.29, 0.717) is 6.54 Å². The van der Waals surface area contributed by atoms with Gasteiger partial charge in [0.05, 0.1) is 12.0 Å². The van der Waals surface area contributed by atoms with Gasteiger partial charge in [-0.25, -0.2) is 0 Å². The topological polar surface area (TPSA) is 75.3 Å². The Labute approximate surface area is 65.8 Å². The molecule has 1 saturated heterocycles. The van der Waals surface area contributed by atoms with Crippen molar-refractivity contribution in [1.82, 2.24) is 5.32 Å². The average Bonchev–Trinajstić information content (AvgIpc) is 2.09. The molecule has 1 heterocycles. The van der Waals surface area contributed by atoms with Gasteiger partial charge in [-0.05, 0) is 13.8 Å². The number of aliphatic hydroxyl groups is 1. The van der Waals surface area contributed by atoms with Gasteiger partial charge in [-0.3, -0.25) is 4.79 Å². The van der Waals surface area contributed by atoms with Gasteiger partial charge in [0, 0.05) is 12.1 Å². The van der Waals surface area contributed by atoms with E-state index >= 15 is 0 Å². The molecule has 4 heteroatoms. The number of carbonyl (C=O) groups is 1. The maximum absolute atomic E-state index is 10.7. The monoisotopic (exact) mass is 158 g/mol. The smallest absolute Gasteiger partial charge is 0.224 e. The molecular formula is C7H14N2O2. The molecule has 0 aromatic rings. The van der Waals surface area contributed by atoms with Crippen molar-refractivity contribution in [3.8, 4) is 0 Å². The molecule has 4 nitrogen and oxygen atoms in total. The van der Waals surface area contributed by atoms with Gasteiger partial charge in [0.15, 0.2) is 0 Å². The molecule has 64 valence electrons. The van der Waals surface area contributed by atoms with E-state index in [-0.39, 0.29) is 5.54 Å². The van der Waals surface area contributed by atoms with Gasteiger partial charge < -0.3 is 16.2 Å². The lowest BCUT2D eigenvalue weighted by atomic mass is 9.93. The number of nitrogens with two attached hydrogens (primary N) is 1. The second-order valence-electron chi connectivity index (χ2n) is 3.56. The summed E-state index contributed by atoms with van der Waals surface area (Å²) in [6.07, 6.45) is -0.667. The third-order valence-corrected chi connectivity index (χ3v) is 2.26. The fourth-order valence-electron chi connectivity index (χ4n) is 1.35. The number of nitrogens with one attached hydrogen (secondary N) is 1. The molecule has 0 radical (unpaired) electrons. The quantitative estimate of drug-likeness (QED) is 0.450. The van der Waals surface area contributed by atoms with E-state index < -0.39 is 17.9 Å². The number of hydrogen-bond acceptors (Lipinski definition) is 3. The van der Waals surface area contributed by atoms with Crippen LogP contribution in [0.15, 0.2) is 0 Å². The maximum Gasteiger partial charge on any atom is 0.224 e. The van der Waals surface area contributed by atoms with Crippen LogP contribution in [0.1, 0.15) is 13.8 Å². The third-order valence-electron chi connectivity index (χ3n) is 2.26. The molecule has 1 aliphatic rings. The second-order valence-corrected chi connectivity index (χ2v) is 3.56. The third kappa shape index (κ3) is 1.36. The van der Waals surface area contributed by atoms with E-state index in [0.717, 1.165) is 0 Å². The molecule has 2 atom stereocenters. The summed E-state index contributed by atoms with van der Waals surface area (Å²) in [6, 6.07) is 0. The van der Waals surface area contributed by atoms with Crippen LogP contribution in [0.5, 0.6) is 0 Å². The van der Waals surface area contributed by atoms with Crippen LogP contribution >= 0.6 is 0 Å². The van der Waals surface area contributed by atoms with Crippen molar-refractivity contribution in [2.75, 3.05) is 6.54 Å². The summed E-state index contributed by atoms with van der Waals surface area (Å²) in [5.41, 5.74) is 4.68. The zero-order valence-corrected chi connectivity index (χ0v) is 6.79. The van der Waals surface area contributed by atoms with Crippen LogP contribution in [0, 0.1) is 5.92 Å². The van der Waals surface area contributed by atoms with E-state index in [9.17, 15) is 9.90 Å². The highest BCUT2D eigenvalue weighted by Crippen LogP contribution is 2.23. The van der Waals surface area contributed by atoms with Crippen LogP contribution < -0.4 is 11.1 Å². The van der Waals surface area contributed by atoms with Crippen molar-refractivity contribution in [2.45, 2.75) is 25.5 Å². The molecule has 0 saturated carbocycles. The standard InChI is InChI=1S/C7H14N2O2/c1-7(2)5(10)4(3-9-7)6(8)11/h4-5,9-10H,3H2,1-2H3,(H2,8,11). The molecule has 0 spiro atoms. The first-order chi connectivity index (χ1) is 4.95. The molecule has 1 rings (SSSR count). The van der Waals surface area contributed by atoms with E-state index in [1.165, 1.54) is 0 Å². The van der Waals surface area contributed by atoms with Crippen LogP contribution in [0.4, 0.5) is 0 Å². The van der Waals surface area contributed by atoms with Crippen molar-refractivity contribution in [3.63, 3.8) is 0 Å². The van der Waals surface area contributed by atoms with Gasteiger partial charge in [0.25, 0.3) is 0 Å². The number of hydrogen-bond donors (Lipinski definition) is 3. The van der Waals surface area contributed by atoms with Crippen LogP contribution in [0.2, 0.25) is 0 Å². The summed E-state index contributed by atoms with van der Waals surface area (Å²) >= 11 is 0. The number of carbonyl (C=O) groups excluding carboxylic acids is 1. The molecule has 1 amide bonds. The van der Waals surface area contributed by atoms with Gasteiger partial charge in [-0.15, -0.1) is 0 Å². The fraction of sp³-hybridized carbons (Fsp3) is 0.857. The highest BCUT2D eigenvalue weighted by Gasteiger charge is 2.43. The summed E-state index contributed by atoms with van der Waals surface area (Å²) in [5.74, 6) is -0.874. The lowest BCUT2D eigenvalue weighted by molar-refractivity contribution is -0.124. The second kappa shape index (κ2) is 2.46. The Morgan fingerprint density at radius 1 is 1.73 bits per heavy atom. The summed E-state index contributed by atoms with van der Waals surface area (Å²) in [6.45, 7) is 4.17. The SMILES string of the molecule is CC1(C)NCC(C(N)=O)C1O. The van der Waals surface area contributed by atoms with Crippen molar-refractivity contribution < 1.29 is 9.90 Å². The minimum atomic E-state index is -0.667.